The van der Waals surface area contributed by atoms with Crippen molar-refractivity contribution in [3.8, 4) is 0 Å². The van der Waals surface area contributed by atoms with Gasteiger partial charge < -0.3 is 15.5 Å². The Balaban J connectivity index is 1.16. The Morgan fingerprint density at radius 2 is 1.75 bits per heavy atom. The van der Waals surface area contributed by atoms with Gasteiger partial charge in [-0.05, 0) is 61.3 Å². The van der Waals surface area contributed by atoms with Crippen LogP contribution in [0.25, 0.3) is 0 Å². The molecule has 3 fully saturated rings. The van der Waals surface area contributed by atoms with Crippen LogP contribution in [0.5, 0.6) is 0 Å². The van der Waals surface area contributed by atoms with E-state index >= 15 is 0 Å². The van der Waals surface area contributed by atoms with Crippen molar-refractivity contribution in [3.63, 3.8) is 0 Å². The molecule has 0 aromatic heterocycles. The number of amides is 4. The van der Waals surface area contributed by atoms with Gasteiger partial charge in [-0.2, -0.15) is 0 Å². The fourth-order valence-corrected chi connectivity index (χ4v) is 5.51. The van der Waals surface area contributed by atoms with Crippen molar-refractivity contribution >= 4 is 33.8 Å². The second-order valence-corrected chi connectivity index (χ2v) is 11.3. The van der Waals surface area contributed by atoms with Crippen LogP contribution in [0, 0.1) is 5.92 Å². The minimum atomic E-state index is -0.805. The molecule has 1 aliphatic carbocycles. The molecule has 1 spiro atoms. The molecule has 0 radical (unpaired) electrons. The Morgan fingerprint density at radius 1 is 1.06 bits per heavy atom. The smallest absolute Gasteiger partial charge is 0.325 e. The quantitative estimate of drug-likeness (QED) is 0.452. The van der Waals surface area contributed by atoms with Crippen LogP contribution < -0.4 is 10.6 Å². The van der Waals surface area contributed by atoms with E-state index in [-0.39, 0.29) is 30.4 Å². The molecule has 3 aliphatic rings. The first-order valence-corrected chi connectivity index (χ1v) is 13.7. The lowest BCUT2D eigenvalue weighted by atomic mass is 9.87. The Bertz CT molecular complexity index is 1100. The molecule has 8 heteroatoms. The van der Waals surface area contributed by atoms with Gasteiger partial charge in [0, 0.05) is 30.5 Å². The predicted octanol–water partition coefficient (Wildman–Crippen LogP) is 4.38. The average molecular weight is 554 g/mol. The van der Waals surface area contributed by atoms with Crippen LogP contribution in [-0.4, -0.2) is 52.8 Å². The molecule has 0 unspecified atom stereocenters. The van der Waals surface area contributed by atoms with Crippen LogP contribution in [0.3, 0.4) is 0 Å². The number of urea groups is 1. The normalized spacial score (nSPS) is 20.4. The summed E-state index contributed by atoms with van der Waals surface area (Å²) < 4.78 is 0.962. The zero-order valence-corrected chi connectivity index (χ0v) is 22.0. The van der Waals surface area contributed by atoms with Gasteiger partial charge in [0.25, 0.3) is 5.91 Å². The zero-order chi connectivity index (χ0) is 25.1. The summed E-state index contributed by atoms with van der Waals surface area (Å²) in [5.74, 6) is 0.570. The number of benzene rings is 2. The number of hydrogen-bond donors (Lipinski definition) is 2. The van der Waals surface area contributed by atoms with E-state index in [0.29, 0.717) is 25.2 Å². The standard InChI is InChI=1S/C28H33BrN4O3/c29-23-10-8-21(9-11-23)19-33-26(35)28(31-27(33)36)13-16-32(17-14-28)15-12-24(22-4-2-1-3-5-22)30-25(34)18-20-6-7-20/h1-5,8-11,20,24H,6-7,12-19H2,(H,30,34)(H,31,36)/t24-/m0/s1. The highest BCUT2D eigenvalue weighted by Crippen LogP contribution is 2.33. The number of carbonyl (C=O) groups excluding carboxylic acids is 3. The summed E-state index contributed by atoms with van der Waals surface area (Å²) in [5, 5.41) is 6.26. The summed E-state index contributed by atoms with van der Waals surface area (Å²) in [6.45, 7) is 2.57. The first-order valence-electron chi connectivity index (χ1n) is 12.9. The third-order valence-corrected chi connectivity index (χ3v) is 8.18. The number of likely N-dealkylation sites (tertiary alicyclic amines) is 1. The molecule has 2 heterocycles. The van der Waals surface area contributed by atoms with Gasteiger partial charge in [0.2, 0.25) is 5.91 Å². The van der Waals surface area contributed by atoms with Crippen molar-refractivity contribution in [3.05, 3.63) is 70.2 Å². The Morgan fingerprint density at radius 3 is 2.42 bits per heavy atom. The lowest BCUT2D eigenvalue weighted by Gasteiger charge is -2.37. The van der Waals surface area contributed by atoms with Crippen molar-refractivity contribution in [2.45, 2.75) is 56.7 Å². The van der Waals surface area contributed by atoms with Crippen molar-refractivity contribution < 1.29 is 14.4 Å². The zero-order valence-electron chi connectivity index (χ0n) is 20.4. The summed E-state index contributed by atoms with van der Waals surface area (Å²) >= 11 is 3.42. The molecule has 2 aliphatic heterocycles. The van der Waals surface area contributed by atoms with E-state index in [1.165, 1.54) is 4.90 Å². The van der Waals surface area contributed by atoms with Gasteiger partial charge in [-0.1, -0.05) is 58.4 Å². The van der Waals surface area contributed by atoms with Crippen molar-refractivity contribution in [1.29, 1.82) is 0 Å². The lowest BCUT2D eigenvalue weighted by Crippen LogP contribution is -2.55. The van der Waals surface area contributed by atoms with Gasteiger partial charge in [0.05, 0.1) is 12.6 Å². The van der Waals surface area contributed by atoms with Gasteiger partial charge in [0.15, 0.2) is 0 Å². The second-order valence-electron chi connectivity index (χ2n) is 10.3. The molecule has 0 bridgehead atoms. The largest absolute Gasteiger partial charge is 0.349 e. The summed E-state index contributed by atoms with van der Waals surface area (Å²) in [4.78, 5) is 42.2. The fourth-order valence-electron chi connectivity index (χ4n) is 5.25. The van der Waals surface area contributed by atoms with E-state index in [2.05, 4.69) is 43.6 Å². The number of nitrogens with zero attached hydrogens (tertiary/aromatic N) is 2. The van der Waals surface area contributed by atoms with Crippen LogP contribution in [0.1, 0.15) is 55.7 Å². The van der Waals surface area contributed by atoms with Crippen LogP contribution in [-0.2, 0) is 16.1 Å². The monoisotopic (exact) mass is 552 g/mol. The van der Waals surface area contributed by atoms with Crippen LogP contribution >= 0.6 is 15.9 Å². The number of carbonyl (C=O) groups is 3. The number of piperidine rings is 1. The number of hydrogen-bond acceptors (Lipinski definition) is 4. The van der Waals surface area contributed by atoms with E-state index < -0.39 is 5.54 Å². The van der Waals surface area contributed by atoms with Gasteiger partial charge in [-0.25, -0.2) is 4.79 Å². The third-order valence-electron chi connectivity index (χ3n) is 7.65. The van der Waals surface area contributed by atoms with Gasteiger partial charge in [-0.3, -0.25) is 14.5 Å². The van der Waals surface area contributed by atoms with E-state index in [1.807, 2.05) is 42.5 Å². The van der Waals surface area contributed by atoms with Gasteiger partial charge >= 0.3 is 6.03 Å². The maximum atomic E-state index is 13.3. The molecular weight excluding hydrogens is 520 g/mol. The molecule has 2 N–H and O–H groups in total. The highest BCUT2D eigenvalue weighted by molar-refractivity contribution is 9.10. The van der Waals surface area contributed by atoms with E-state index in [0.717, 1.165) is 54.5 Å². The maximum Gasteiger partial charge on any atom is 0.325 e. The summed E-state index contributed by atoms with van der Waals surface area (Å²) in [6, 6.07) is 17.5. The third kappa shape index (κ3) is 5.81. The average Bonchev–Trinajstić information content (AvgIpc) is 3.67. The molecule has 2 saturated heterocycles. The van der Waals surface area contributed by atoms with Crippen LogP contribution in [0.2, 0.25) is 0 Å². The van der Waals surface area contributed by atoms with Crippen LogP contribution in [0.4, 0.5) is 4.79 Å². The number of rotatable bonds is 9. The number of imide groups is 1. The summed E-state index contributed by atoms with van der Waals surface area (Å²) in [7, 11) is 0. The summed E-state index contributed by atoms with van der Waals surface area (Å²) in [5.41, 5.74) is 1.24. The topological polar surface area (TPSA) is 81.8 Å². The summed E-state index contributed by atoms with van der Waals surface area (Å²) in [6.07, 6.45) is 4.94. The lowest BCUT2D eigenvalue weighted by molar-refractivity contribution is -0.133. The maximum absolute atomic E-state index is 13.3. The SMILES string of the molecule is O=C(CC1CC1)N[C@@H](CCN1CCC2(CC1)NC(=O)N(Cc1ccc(Br)cc1)C2=O)c1ccccc1. The van der Waals surface area contributed by atoms with Crippen molar-refractivity contribution in [2.24, 2.45) is 5.92 Å². The first kappa shape index (κ1) is 25.0. The molecule has 36 heavy (non-hydrogen) atoms. The molecule has 2 aromatic carbocycles. The highest BCUT2D eigenvalue weighted by atomic mass is 79.9. The van der Waals surface area contributed by atoms with Crippen LogP contribution in [0.15, 0.2) is 59.1 Å². The molecular formula is C28H33BrN4O3. The van der Waals surface area contributed by atoms with Crippen molar-refractivity contribution in [1.82, 2.24) is 20.4 Å². The molecule has 2 aromatic rings. The van der Waals surface area contributed by atoms with Gasteiger partial charge in [0.1, 0.15) is 5.54 Å². The molecule has 5 rings (SSSR count). The number of halogens is 1. The van der Waals surface area contributed by atoms with Gasteiger partial charge in [-0.15, -0.1) is 0 Å². The first-order chi connectivity index (χ1) is 17.4. The molecule has 1 saturated carbocycles. The van der Waals surface area contributed by atoms with E-state index in [9.17, 15) is 14.4 Å². The molecule has 190 valence electrons. The second kappa shape index (κ2) is 10.7. The Kier molecular flexibility index (Phi) is 7.44. The minimum absolute atomic E-state index is 0.0254. The Hall–Kier alpha value is -2.71. The molecule has 4 amide bonds. The van der Waals surface area contributed by atoms with E-state index in [4.69, 9.17) is 0 Å². The molecule has 7 nitrogen and oxygen atoms in total. The highest BCUT2D eigenvalue weighted by Gasteiger charge is 2.52. The number of nitrogens with one attached hydrogen (secondary N) is 2. The minimum Gasteiger partial charge on any atom is -0.349 e. The van der Waals surface area contributed by atoms with Crippen molar-refractivity contribution in [2.75, 3.05) is 19.6 Å². The fraction of sp³-hybridized carbons (Fsp3) is 0.464. The Labute approximate surface area is 220 Å². The molecule has 1 atom stereocenters. The van der Waals surface area contributed by atoms with E-state index in [1.54, 1.807) is 0 Å². The predicted molar refractivity (Wildman–Crippen MR) is 141 cm³/mol.